The summed E-state index contributed by atoms with van der Waals surface area (Å²) in [6.07, 6.45) is 4.00. The molecule has 6 nitrogen and oxygen atoms in total. The highest BCUT2D eigenvalue weighted by Crippen LogP contribution is 2.35. The first-order valence-electron chi connectivity index (χ1n) is 14.3. The molecule has 1 fully saturated rings. The quantitative estimate of drug-likeness (QED) is 0.122. The summed E-state index contributed by atoms with van der Waals surface area (Å²) >= 11 is 0. The number of anilines is 1. The summed E-state index contributed by atoms with van der Waals surface area (Å²) < 4.78 is 12.3. The van der Waals surface area contributed by atoms with E-state index in [4.69, 9.17) is 9.47 Å². The van der Waals surface area contributed by atoms with Crippen LogP contribution in [0, 0.1) is 11.3 Å². The maximum Gasteiger partial charge on any atom is 0.264 e. The van der Waals surface area contributed by atoms with Crippen molar-refractivity contribution in [3.05, 3.63) is 120 Å². The van der Waals surface area contributed by atoms with E-state index in [0.29, 0.717) is 49.8 Å². The van der Waals surface area contributed by atoms with Crippen LogP contribution in [0.15, 0.2) is 103 Å². The molecule has 0 bridgehead atoms. The average molecular weight is 558 g/mol. The van der Waals surface area contributed by atoms with Gasteiger partial charge in [0.2, 0.25) is 0 Å². The van der Waals surface area contributed by atoms with Crippen LogP contribution >= 0.6 is 0 Å². The maximum absolute atomic E-state index is 13.4. The summed E-state index contributed by atoms with van der Waals surface area (Å²) in [5.74, 6) is 0.958. The molecule has 0 atom stereocenters. The Morgan fingerprint density at radius 2 is 1.67 bits per heavy atom. The lowest BCUT2D eigenvalue weighted by Crippen LogP contribution is -2.49. The zero-order chi connectivity index (χ0) is 29.3. The molecule has 42 heavy (non-hydrogen) atoms. The first kappa shape index (κ1) is 28.5. The number of carbonyl (C=O) groups is 1. The number of rotatable bonds is 10. The Bertz CT molecular complexity index is 1630. The highest BCUT2D eigenvalue weighted by atomic mass is 16.5. The number of fused-ring (bicyclic) bond motifs is 1. The predicted octanol–water partition coefficient (Wildman–Crippen LogP) is 6.80. The monoisotopic (exact) mass is 557 g/mol. The van der Waals surface area contributed by atoms with Gasteiger partial charge in [-0.05, 0) is 71.7 Å². The van der Waals surface area contributed by atoms with E-state index in [0.717, 1.165) is 35.3 Å². The Morgan fingerprint density at radius 1 is 0.929 bits per heavy atom. The smallest absolute Gasteiger partial charge is 0.264 e. The molecule has 6 heteroatoms. The number of benzene rings is 4. The second-order valence-electron chi connectivity index (χ2n) is 10.2. The van der Waals surface area contributed by atoms with Gasteiger partial charge in [-0.2, -0.15) is 5.26 Å². The van der Waals surface area contributed by atoms with E-state index < -0.39 is 0 Å². The highest BCUT2D eigenvalue weighted by Gasteiger charge is 2.24. The number of nitriles is 1. The van der Waals surface area contributed by atoms with Crippen molar-refractivity contribution in [3.63, 3.8) is 0 Å². The van der Waals surface area contributed by atoms with Crippen molar-refractivity contribution in [2.24, 2.45) is 0 Å². The first-order valence-corrected chi connectivity index (χ1v) is 14.3. The Balaban J connectivity index is 1.36. The minimum Gasteiger partial charge on any atom is -0.490 e. The second-order valence-corrected chi connectivity index (χ2v) is 10.2. The van der Waals surface area contributed by atoms with E-state index in [1.54, 1.807) is 11.0 Å². The first-order chi connectivity index (χ1) is 20.6. The van der Waals surface area contributed by atoms with E-state index in [2.05, 4.69) is 60.0 Å². The minimum atomic E-state index is -0.259. The van der Waals surface area contributed by atoms with Gasteiger partial charge < -0.3 is 19.3 Å². The van der Waals surface area contributed by atoms with Gasteiger partial charge in [0.15, 0.2) is 11.5 Å². The topological polar surface area (TPSA) is 65.8 Å². The Hall–Kier alpha value is -5.02. The molecule has 0 aliphatic carbocycles. The van der Waals surface area contributed by atoms with Crippen molar-refractivity contribution in [1.29, 1.82) is 5.26 Å². The van der Waals surface area contributed by atoms with Gasteiger partial charge in [0, 0.05) is 37.4 Å². The molecule has 1 saturated heterocycles. The summed E-state index contributed by atoms with van der Waals surface area (Å²) in [4.78, 5) is 17.4. The van der Waals surface area contributed by atoms with Gasteiger partial charge >= 0.3 is 0 Å². The van der Waals surface area contributed by atoms with Crippen molar-refractivity contribution in [3.8, 4) is 17.6 Å². The molecule has 212 valence electrons. The van der Waals surface area contributed by atoms with E-state index in [-0.39, 0.29) is 11.5 Å². The fraction of sp³-hybridized carbons (Fsp3) is 0.222. The van der Waals surface area contributed by atoms with E-state index >= 15 is 0 Å². The molecule has 4 aromatic rings. The zero-order valence-electron chi connectivity index (χ0n) is 24.0. The Kier molecular flexibility index (Phi) is 9.20. The number of hydrogen-bond donors (Lipinski definition) is 0. The normalized spacial score (nSPS) is 13.5. The zero-order valence-corrected chi connectivity index (χ0v) is 24.0. The van der Waals surface area contributed by atoms with Crippen LogP contribution in [0.3, 0.4) is 0 Å². The minimum absolute atomic E-state index is 0.0972. The number of piperazine rings is 1. The van der Waals surface area contributed by atoms with Crippen molar-refractivity contribution in [2.45, 2.75) is 20.0 Å². The van der Waals surface area contributed by atoms with Gasteiger partial charge in [0.25, 0.3) is 5.91 Å². The van der Waals surface area contributed by atoms with Crippen LogP contribution in [-0.4, -0.2) is 43.6 Å². The predicted molar refractivity (Wildman–Crippen MR) is 169 cm³/mol. The lowest BCUT2D eigenvalue weighted by Gasteiger charge is -2.36. The van der Waals surface area contributed by atoms with Gasteiger partial charge in [-0.15, -0.1) is 6.58 Å². The molecule has 5 rings (SSSR count). The van der Waals surface area contributed by atoms with Crippen molar-refractivity contribution in [2.75, 3.05) is 37.7 Å². The largest absolute Gasteiger partial charge is 0.490 e. The second kappa shape index (κ2) is 13.6. The summed E-state index contributed by atoms with van der Waals surface area (Å²) in [6, 6.07) is 30.6. The number of hydrogen-bond acceptors (Lipinski definition) is 5. The summed E-state index contributed by atoms with van der Waals surface area (Å²) in [6.45, 7) is 9.21. The molecule has 0 N–H and O–H groups in total. The average Bonchev–Trinajstić information content (AvgIpc) is 3.03. The molecule has 4 aromatic carbocycles. The lowest BCUT2D eigenvalue weighted by atomic mass is 10.0. The molecule has 1 heterocycles. The molecule has 0 unspecified atom stereocenters. The molecule has 0 spiro atoms. The van der Waals surface area contributed by atoms with Gasteiger partial charge in [-0.1, -0.05) is 60.7 Å². The van der Waals surface area contributed by atoms with Crippen molar-refractivity contribution < 1.29 is 14.3 Å². The molecule has 1 aliphatic heterocycles. The van der Waals surface area contributed by atoms with Crippen LogP contribution in [-0.2, 0) is 17.8 Å². The summed E-state index contributed by atoms with van der Waals surface area (Å²) in [5.41, 5.74) is 3.88. The molecule has 0 saturated carbocycles. The van der Waals surface area contributed by atoms with Crippen molar-refractivity contribution in [1.82, 2.24) is 4.90 Å². The van der Waals surface area contributed by atoms with Gasteiger partial charge in [0.1, 0.15) is 18.2 Å². The van der Waals surface area contributed by atoms with Crippen molar-refractivity contribution >= 4 is 28.4 Å². The van der Waals surface area contributed by atoms with Crippen LogP contribution in [0.4, 0.5) is 5.69 Å². The van der Waals surface area contributed by atoms with Crippen LogP contribution < -0.4 is 14.4 Å². The fourth-order valence-electron chi connectivity index (χ4n) is 5.27. The standard InChI is InChI=1S/C36H35N3O3/c1-3-10-31-22-28(23-32(25-37)36(40)39-19-17-38(18-20-39)33-13-6-5-7-14-33)24-34(41-4-2)35(31)42-26-27-15-16-29-11-8-9-12-30(29)21-27/h3,5-9,11-16,21-24H,1,4,10,17-20,26H2,2H3/b32-23-. The Labute approximate surface area is 247 Å². The maximum atomic E-state index is 13.4. The van der Waals surface area contributed by atoms with Crippen LogP contribution in [0.1, 0.15) is 23.6 Å². The lowest BCUT2D eigenvalue weighted by molar-refractivity contribution is -0.126. The number of amides is 1. The van der Waals surface area contributed by atoms with E-state index in [9.17, 15) is 10.1 Å². The molecular formula is C36H35N3O3. The fourth-order valence-corrected chi connectivity index (χ4v) is 5.27. The number of nitrogens with zero attached hydrogens (tertiary/aromatic N) is 3. The van der Waals surface area contributed by atoms with E-state index in [1.807, 2.05) is 55.5 Å². The molecule has 1 amide bonds. The summed E-state index contributed by atoms with van der Waals surface area (Å²) in [5, 5.41) is 12.3. The van der Waals surface area contributed by atoms with Gasteiger partial charge in [0.05, 0.1) is 6.61 Å². The number of ether oxygens (including phenoxy) is 2. The number of para-hydroxylation sites is 1. The molecule has 0 radical (unpaired) electrons. The van der Waals surface area contributed by atoms with Crippen LogP contribution in [0.2, 0.25) is 0 Å². The third kappa shape index (κ3) is 6.64. The number of allylic oxidation sites excluding steroid dienone is 1. The highest BCUT2D eigenvalue weighted by molar-refractivity contribution is 6.02. The molecule has 0 aromatic heterocycles. The molecule has 1 aliphatic rings. The van der Waals surface area contributed by atoms with Crippen LogP contribution in [0.5, 0.6) is 11.5 Å². The van der Waals surface area contributed by atoms with Gasteiger partial charge in [-0.25, -0.2) is 0 Å². The van der Waals surface area contributed by atoms with E-state index in [1.165, 1.54) is 5.39 Å². The van der Waals surface area contributed by atoms with Gasteiger partial charge in [-0.3, -0.25) is 4.79 Å². The SMILES string of the molecule is C=CCc1cc(/C=C(/C#N)C(=O)N2CCN(c3ccccc3)CC2)cc(OCC)c1OCc1ccc2ccccc2c1. The Morgan fingerprint density at radius 3 is 2.38 bits per heavy atom. The third-order valence-electron chi connectivity index (χ3n) is 7.37. The molecular weight excluding hydrogens is 522 g/mol. The third-order valence-corrected chi connectivity index (χ3v) is 7.37. The number of carbonyl (C=O) groups excluding carboxylic acids is 1. The van der Waals surface area contributed by atoms with Crippen LogP contribution in [0.25, 0.3) is 16.8 Å². The summed E-state index contributed by atoms with van der Waals surface area (Å²) in [7, 11) is 0.